The van der Waals surface area contributed by atoms with E-state index in [1.165, 1.54) is 5.56 Å². The average Bonchev–Trinajstić information content (AvgIpc) is 2.26. The number of benzene rings is 1. The number of rotatable bonds is 4. The summed E-state index contributed by atoms with van der Waals surface area (Å²) in [6, 6.07) is 12.8. The molecule has 0 spiro atoms. The molecule has 14 heavy (non-hydrogen) atoms. The van der Waals surface area contributed by atoms with Gasteiger partial charge in [-0.1, -0.05) is 30.3 Å². The van der Waals surface area contributed by atoms with Gasteiger partial charge in [-0.2, -0.15) is 5.26 Å². The molecule has 1 unspecified atom stereocenters. The van der Waals surface area contributed by atoms with E-state index >= 15 is 0 Å². The largest absolute Gasteiger partial charge is 0.309 e. The molecule has 0 aliphatic rings. The highest BCUT2D eigenvalue weighted by atomic mass is 14.9. The molecular formula is C12H16N2. The van der Waals surface area contributed by atoms with E-state index < -0.39 is 0 Å². The first-order valence-corrected chi connectivity index (χ1v) is 4.92. The zero-order valence-corrected chi connectivity index (χ0v) is 8.70. The summed E-state index contributed by atoms with van der Waals surface area (Å²) in [5.41, 5.74) is 1.26. The van der Waals surface area contributed by atoms with Crippen LogP contribution in [0.5, 0.6) is 0 Å². The number of nitriles is 1. The van der Waals surface area contributed by atoms with Crippen molar-refractivity contribution in [1.82, 2.24) is 5.32 Å². The minimum atomic E-state index is 0.0705. The Balaban J connectivity index is 2.44. The topological polar surface area (TPSA) is 35.8 Å². The molecular weight excluding hydrogens is 172 g/mol. The number of hydrogen-bond acceptors (Lipinski definition) is 2. The summed E-state index contributed by atoms with van der Waals surface area (Å²) in [5, 5.41) is 12.0. The van der Waals surface area contributed by atoms with E-state index in [2.05, 4.69) is 30.4 Å². The van der Waals surface area contributed by atoms with Crippen LogP contribution in [-0.2, 0) is 0 Å². The van der Waals surface area contributed by atoms with Crippen LogP contribution in [0.25, 0.3) is 0 Å². The molecule has 2 nitrogen and oxygen atoms in total. The molecule has 0 radical (unpaired) electrons. The summed E-state index contributed by atoms with van der Waals surface area (Å²) in [5.74, 6) is 0.0705. The summed E-state index contributed by atoms with van der Waals surface area (Å²) >= 11 is 0. The fourth-order valence-corrected chi connectivity index (χ4v) is 1.26. The molecule has 0 heterocycles. The van der Waals surface area contributed by atoms with Crippen molar-refractivity contribution < 1.29 is 0 Å². The van der Waals surface area contributed by atoms with Crippen molar-refractivity contribution in [3.63, 3.8) is 0 Å². The van der Waals surface area contributed by atoms with Gasteiger partial charge < -0.3 is 5.32 Å². The third-order valence-electron chi connectivity index (χ3n) is 2.25. The zero-order chi connectivity index (χ0) is 10.4. The first kappa shape index (κ1) is 10.7. The molecule has 74 valence electrons. The second kappa shape index (κ2) is 5.41. The zero-order valence-electron chi connectivity index (χ0n) is 8.70. The van der Waals surface area contributed by atoms with Gasteiger partial charge >= 0.3 is 0 Å². The predicted molar refractivity (Wildman–Crippen MR) is 57.6 cm³/mol. The van der Waals surface area contributed by atoms with E-state index in [1.54, 1.807) is 0 Å². The molecule has 0 saturated carbocycles. The molecule has 1 N–H and O–H groups in total. The van der Waals surface area contributed by atoms with Crippen molar-refractivity contribution in [2.45, 2.75) is 19.9 Å². The summed E-state index contributed by atoms with van der Waals surface area (Å²) in [6.07, 6.45) is 0. The van der Waals surface area contributed by atoms with Crippen molar-refractivity contribution in [2.75, 3.05) is 6.54 Å². The van der Waals surface area contributed by atoms with Gasteiger partial charge in [0.15, 0.2) is 0 Å². The van der Waals surface area contributed by atoms with Crippen molar-refractivity contribution in [1.29, 1.82) is 5.26 Å². The first-order valence-electron chi connectivity index (χ1n) is 4.92. The summed E-state index contributed by atoms with van der Waals surface area (Å²) < 4.78 is 0. The van der Waals surface area contributed by atoms with Gasteiger partial charge in [-0.25, -0.2) is 0 Å². The second-order valence-corrected chi connectivity index (χ2v) is 3.57. The Labute approximate surface area is 85.6 Å². The van der Waals surface area contributed by atoms with Crippen LogP contribution in [0.3, 0.4) is 0 Å². The number of nitrogens with one attached hydrogen (secondary N) is 1. The van der Waals surface area contributed by atoms with Gasteiger partial charge in [-0.3, -0.25) is 0 Å². The highest BCUT2D eigenvalue weighted by molar-refractivity contribution is 5.18. The lowest BCUT2D eigenvalue weighted by molar-refractivity contribution is 0.528. The molecule has 1 aromatic rings. The molecule has 0 aliphatic heterocycles. The average molecular weight is 188 g/mol. The highest BCUT2D eigenvalue weighted by Crippen LogP contribution is 2.11. The Morgan fingerprint density at radius 2 is 1.93 bits per heavy atom. The third-order valence-corrected chi connectivity index (χ3v) is 2.25. The van der Waals surface area contributed by atoms with E-state index in [0.29, 0.717) is 6.04 Å². The van der Waals surface area contributed by atoms with E-state index in [0.717, 1.165) is 6.54 Å². The van der Waals surface area contributed by atoms with Crippen LogP contribution in [-0.4, -0.2) is 6.54 Å². The molecule has 2 heteroatoms. The number of hydrogen-bond donors (Lipinski definition) is 1. The minimum absolute atomic E-state index is 0.0705. The SMILES string of the molecule is CC(C#N)CN[C@@H](C)c1ccccc1. The van der Waals surface area contributed by atoms with Gasteiger partial charge in [0.1, 0.15) is 0 Å². The molecule has 0 bridgehead atoms. The van der Waals surface area contributed by atoms with Crippen LogP contribution in [0.4, 0.5) is 0 Å². The maximum absolute atomic E-state index is 8.63. The number of nitrogens with zero attached hydrogens (tertiary/aromatic N) is 1. The fraction of sp³-hybridized carbons (Fsp3) is 0.417. The standard InChI is InChI=1S/C12H16N2/c1-10(8-13)9-14-11(2)12-6-4-3-5-7-12/h3-7,10-11,14H,9H2,1-2H3/t10?,11-/m0/s1. The van der Waals surface area contributed by atoms with E-state index in [1.807, 2.05) is 25.1 Å². The Morgan fingerprint density at radius 3 is 2.50 bits per heavy atom. The molecule has 0 amide bonds. The lowest BCUT2D eigenvalue weighted by Crippen LogP contribution is -2.23. The molecule has 0 saturated heterocycles. The van der Waals surface area contributed by atoms with Gasteiger partial charge in [0.2, 0.25) is 0 Å². The molecule has 0 fully saturated rings. The molecule has 1 rings (SSSR count). The van der Waals surface area contributed by atoms with Crippen molar-refractivity contribution in [3.8, 4) is 6.07 Å². The van der Waals surface area contributed by atoms with Crippen molar-refractivity contribution in [2.24, 2.45) is 5.92 Å². The van der Waals surface area contributed by atoms with E-state index in [9.17, 15) is 0 Å². The first-order chi connectivity index (χ1) is 6.74. The highest BCUT2D eigenvalue weighted by Gasteiger charge is 2.05. The summed E-state index contributed by atoms with van der Waals surface area (Å²) in [6.45, 7) is 4.77. The van der Waals surface area contributed by atoms with Crippen LogP contribution in [0, 0.1) is 17.2 Å². The quantitative estimate of drug-likeness (QED) is 0.788. The summed E-state index contributed by atoms with van der Waals surface area (Å²) in [4.78, 5) is 0. The van der Waals surface area contributed by atoms with Crippen LogP contribution in [0.2, 0.25) is 0 Å². The van der Waals surface area contributed by atoms with Crippen LogP contribution in [0.1, 0.15) is 25.5 Å². The van der Waals surface area contributed by atoms with Crippen LogP contribution >= 0.6 is 0 Å². The minimum Gasteiger partial charge on any atom is -0.309 e. The second-order valence-electron chi connectivity index (χ2n) is 3.57. The van der Waals surface area contributed by atoms with Crippen molar-refractivity contribution in [3.05, 3.63) is 35.9 Å². The lowest BCUT2D eigenvalue weighted by atomic mass is 10.1. The monoisotopic (exact) mass is 188 g/mol. The third kappa shape index (κ3) is 3.20. The predicted octanol–water partition coefficient (Wildman–Crippen LogP) is 2.50. The Kier molecular flexibility index (Phi) is 4.15. The Bertz CT molecular complexity index is 300. The van der Waals surface area contributed by atoms with Gasteiger partial charge in [-0.15, -0.1) is 0 Å². The molecule has 0 aliphatic carbocycles. The smallest absolute Gasteiger partial charge is 0.0666 e. The van der Waals surface area contributed by atoms with Gasteiger partial charge in [0.25, 0.3) is 0 Å². The Morgan fingerprint density at radius 1 is 1.29 bits per heavy atom. The van der Waals surface area contributed by atoms with E-state index in [4.69, 9.17) is 5.26 Å². The van der Waals surface area contributed by atoms with Crippen LogP contribution in [0.15, 0.2) is 30.3 Å². The van der Waals surface area contributed by atoms with Crippen LogP contribution < -0.4 is 5.32 Å². The maximum Gasteiger partial charge on any atom is 0.0666 e. The molecule has 1 aromatic carbocycles. The molecule has 0 aromatic heterocycles. The lowest BCUT2D eigenvalue weighted by Gasteiger charge is -2.14. The van der Waals surface area contributed by atoms with Gasteiger partial charge in [-0.05, 0) is 19.4 Å². The van der Waals surface area contributed by atoms with E-state index in [-0.39, 0.29) is 5.92 Å². The Hall–Kier alpha value is -1.33. The summed E-state index contributed by atoms with van der Waals surface area (Å²) in [7, 11) is 0. The fourth-order valence-electron chi connectivity index (χ4n) is 1.26. The maximum atomic E-state index is 8.63. The van der Waals surface area contributed by atoms with Gasteiger partial charge in [0, 0.05) is 12.6 Å². The molecule has 2 atom stereocenters. The normalized spacial score (nSPS) is 14.4. The van der Waals surface area contributed by atoms with Gasteiger partial charge in [0.05, 0.1) is 12.0 Å². The van der Waals surface area contributed by atoms with Crippen molar-refractivity contribution >= 4 is 0 Å².